The number of hydrazine groups is 1. The van der Waals surface area contributed by atoms with Crippen molar-refractivity contribution in [2.75, 3.05) is 23.5 Å². The van der Waals surface area contributed by atoms with E-state index in [0.717, 1.165) is 18.8 Å². The lowest BCUT2D eigenvalue weighted by atomic mass is 9.91. The van der Waals surface area contributed by atoms with E-state index in [4.69, 9.17) is 10.9 Å². The monoisotopic (exact) mass is 237 g/mol. The van der Waals surface area contributed by atoms with Crippen molar-refractivity contribution in [2.45, 2.75) is 31.7 Å². The minimum atomic E-state index is 0.200. The summed E-state index contributed by atoms with van der Waals surface area (Å²) < 4.78 is 0. The van der Waals surface area contributed by atoms with Crippen molar-refractivity contribution in [1.29, 1.82) is 0 Å². The summed E-state index contributed by atoms with van der Waals surface area (Å²) in [6.07, 6.45) is 7.73. The van der Waals surface area contributed by atoms with E-state index in [1.165, 1.54) is 19.3 Å². The molecule has 1 fully saturated rings. The summed E-state index contributed by atoms with van der Waals surface area (Å²) in [4.78, 5) is 10.7. The fourth-order valence-corrected chi connectivity index (χ4v) is 1.99. The van der Waals surface area contributed by atoms with Crippen LogP contribution in [0.1, 0.15) is 25.7 Å². The predicted molar refractivity (Wildman–Crippen MR) is 66.5 cm³/mol. The maximum Gasteiger partial charge on any atom is 0.160 e. The lowest BCUT2D eigenvalue weighted by Crippen LogP contribution is -2.41. The highest BCUT2D eigenvalue weighted by atomic mass is 16.3. The number of nitrogens with two attached hydrogens (primary N) is 1. The number of anilines is 2. The number of rotatable bonds is 6. The van der Waals surface area contributed by atoms with E-state index in [-0.39, 0.29) is 6.61 Å². The van der Waals surface area contributed by atoms with Gasteiger partial charge in [0.05, 0.1) is 12.4 Å². The third-order valence-corrected chi connectivity index (χ3v) is 3.14. The minimum absolute atomic E-state index is 0.200. The standard InChI is InChI=1S/C11H19N5O/c12-15-10-7-13-8-11(14-10)16(5-2-6-17)9-3-1-4-9/h7-9,17H,1-6,12H2,(H,14,15). The van der Waals surface area contributed by atoms with Gasteiger partial charge in [-0.3, -0.25) is 4.98 Å². The molecule has 1 aliphatic rings. The molecule has 0 saturated heterocycles. The fourth-order valence-electron chi connectivity index (χ4n) is 1.99. The Bertz CT molecular complexity index is 355. The number of nitrogens with zero attached hydrogens (tertiary/aromatic N) is 3. The smallest absolute Gasteiger partial charge is 0.160 e. The van der Waals surface area contributed by atoms with Gasteiger partial charge >= 0.3 is 0 Å². The van der Waals surface area contributed by atoms with Gasteiger partial charge < -0.3 is 15.4 Å². The number of hydrogen-bond donors (Lipinski definition) is 3. The van der Waals surface area contributed by atoms with Crippen molar-refractivity contribution in [3.63, 3.8) is 0 Å². The SMILES string of the molecule is NNc1cncc(N(CCCO)C2CCC2)n1. The second-order valence-corrected chi connectivity index (χ2v) is 4.26. The first-order valence-corrected chi connectivity index (χ1v) is 6.01. The van der Waals surface area contributed by atoms with Gasteiger partial charge in [0.2, 0.25) is 0 Å². The van der Waals surface area contributed by atoms with Gasteiger partial charge in [-0.2, -0.15) is 0 Å². The molecule has 0 atom stereocenters. The van der Waals surface area contributed by atoms with Crippen molar-refractivity contribution >= 4 is 11.6 Å². The van der Waals surface area contributed by atoms with Gasteiger partial charge in [-0.1, -0.05) is 0 Å². The van der Waals surface area contributed by atoms with E-state index in [9.17, 15) is 0 Å². The zero-order valence-corrected chi connectivity index (χ0v) is 9.84. The number of nitrogens with one attached hydrogen (secondary N) is 1. The van der Waals surface area contributed by atoms with Crippen LogP contribution in [-0.4, -0.2) is 34.3 Å². The Kier molecular flexibility index (Phi) is 4.11. The molecule has 1 heterocycles. The van der Waals surface area contributed by atoms with Gasteiger partial charge in [0.15, 0.2) is 5.82 Å². The van der Waals surface area contributed by atoms with E-state index in [2.05, 4.69) is 20.3 Å². The maximum atomic E-state index is 8.94. The van der Waals surface area contributed by atoms with E-state index < -0.39 is 0 Å². The minimum Gasteiger partial charge on any atom is -0.396 e. The Hall–Kier alpha value is -1.40. The molecule has 0 aliphatic heterocycles. The highest BCUT2D eigenvalue weighted by Gasteiger charge is 2.25. The van der Waals surface area contributed by atoms with E-state index in [0.29, 0.717) is 11.9 Å². The van der Waals surface area contributed by atoms with Crippen LogP contribution >= 0.6 is 0 Å². The van der Waals surface area contributed by atoms with Crippen LogP contribution in [0, 0.1) is 0 Å². The molecule has 1 aromatic rings. The normalized spacial score (nSPS) is 15.4. The number of aliphatic hydroxyl groups excluding tert-OH is 1. The maximum absolute atomic E-state index is 8.94. The van der Waals surface area contributed by atoms with Crippen LogP contribution in [0.4, 0.5) is 11.6 Å². The number of aromatic nitrogens is 2. The molecule has 0 aromatic carbocycles. The topological polar surface area (TPSA) is 87.3 Å². The van der Waals surface area contributed by atoms with Crippen molar-refractivity contribution in [3.8, 4) is 0 Å². The number of aliphatic hydroxyl groups is 1. The summed E-state index contributed by atoms with van der Waals surface area (Å²) in [5.41, 5.74) is 2.50. The molecule has 4 N–H and O–H groups in total. The van der Waals surface area contributed by atoms with Gasteiger partial charge in [-0.05, 0) is 25.7 Å². The summed E-state index contributed by atoms with van der Waals surface area (Å²) in [5.74, 6) is 6.73. The van der Waals surface area contributed by atoms with Crippen molar-refractivity contribution in [3.05, 3.63) is 12.4 Å². The summed E-state index contributed by atoms with van der Waals surface area (Å²) in [5, 5.41) is 8.94. The molecule has 0 spiro atoms. The first-order chi connectivity index (χ1) is 8.35. The molecule has 1 aromatic heterocycles. The molecule has 0 amide bonds. The average molecular weight is 237 g/mol. The molecular formula is C11H19N5O. The van der Waals surface area contributed by atoms with Crippen LogP contribution in [0.15, 0.2) is 12.4 Å². The lowest BCUT2D eigenvalue weighted by molar-refractivity contribution is 0.282. The second-order valence-electron chi connectivity index (χ2n) is 4.26. The van der Waals surface area contributed by atoms with Crippen molar-refractivity contribution in [1.82, 2.24) is 9.97 Å². The van der Waals surface area contributed by atoms with Crippen molar-refractivity contribution < 1.29 is 5.11 Å². The third-order valence-electron chi connectivity index (χ3n) is 3.14. The summed E-state index contributed by atoms with van der Waals surface area (Å²) in [7, 11) is 0. The molecule has 94 valence electrons. The zero-order chi connectivity index (χ0) is 12.1. The largest absolute Gasteiger partial charge is 0.396 e. The molecule has 1 aliphatic carbocycles. The molecule has 1 saturated carbocycles. The fraction of sp³-hybridized carbons (Fsp3) is 0.636. The van der Waals surface area contributed by atoms with Crippen LogP contribution < -0.4 is 16.2 Å². The average Bonchev–Trinajstić information content (AvgIpc) is 2.32. The second kappa shape index (κ2) is 5.79. The number of hydrogen-bond acceptors (Lipinski definition) is 6. The van der Waals surface area contributed by atoms with Crippen LogP contribution in [-0.2, 0) is 0 Å². The first-order valence-electron chi connectivity index (χ1n) is 6.01. The zero-order valence-electron chi connectivity index (χ0n) is 9.84. The Labute approximate surface area is 101 Å². The Morgan fingerprint density at radius 2 is 2.29 bits per heavy atom. The van der Waals surface area contributed by atoms with Gasteiger partial charge in [0.1, 0.15) is 5.82 Å². The molecule has 6 heteroatoms. The van der Waals surface area contributed by atoms with Crippen LogP contribution in [0.3, 0.4) is 0 Å². The predicted octanol–water partition coefficient (Wildman–Crippen LogP) is 0.503. The van der Waals surface area contributed by atoms with Crippen LogP contribution in [0.5, 0.6) is 0 Å². The van der Waals surface area contributed by atoms with E-state index >= 15 is 0 Å². The number of nitrogen functional groups attached to an aromatic ring is 1. The molecule has 6 nitrogen and oxygen atoms in total. The Balaban J connectivity index is 2.11. The van der Waals surface area contributed by atoms with Crippen molar-refractivity contribution in [2.24, 2.45) is 5.84 Å². The Morgan fingerprint density at radius 1 is 1.47 bits per heavy atom. The lowest BCUT2D eigenvalue weighted by Gasteiger charge is -2.38. The van der Waals surface area contributed by atoms with E-state index in [1.54, 1.807) is 12.4 Å². The van der Waals surface area contributed by atoms with Crippen LogP contribution in [0.25, 0.3) is 0 Å². The first kappa shape index (κ1) is 12.1. The molecule has 2 rings (SSSR count). The third kappa shape index (κ3) is 2.83. The highest BCUT2D eigenvalue weighted by molar-refractivity contribution is 5.44. The molecule has 0 unspecified atom stereocenters. The summed E-state index contributed by atoms with van der Waals surface area (Å²) in [6.45, 7) is 1.01. The van der Waals surface area contributed by atoms with Gasteiger partial charge in [-0.25, -0.2) is 10.8 Å². The highest BCUT2D eigenvalue weighted by Crippen LogP contribution is 2.28. The quantitative estimate of drug-likeness (QED) is 0.493. The molecule has 0 bridgehead atoms. The van der Waals surface area contributed by atoms with Gasteiger partial charge in [0, 0.05) is 19.2 Å². The van der Waals surface area contributed by atoms with Gasteiger partial charge in [0.25, 0.3) is 0 Å². The van der Waals surface area contributed by atoms with E-state index in [1.807, 2.05) is 0 Å². The molecule has 0 radical (unpaired) electrons. The van der Waals surface area contributed by atoms with Gasteiger partial charge in [-0.15, -0.1) is 0 Å². The Morgan fingerprint density at radius 3 is 2.88 bits per heavy atom. The summed E-state index contributed by atoms with van der Waals surface area (Å²) in [6, 6.07) is 0.531. The van der Waals surface area contributed by atoms with Crippen LogP contribution in [0.2, 0.25) is 0 Å². The molecule has 17 heavy (non-hydrogen) atoms. The molecular weight excluding hydrogens is 218 g/mol. The summed E-state index contributed by atoms with van der Waals surface area (Å²) >= 11 is 0.